The Hall–Kier alpha value is 0.748. The molecule has 2 bridgehead atoms. The van der Waals surface area contributed by atoms with E-state index in [4.69, 9.17) is 0 Å². The molecule has 2 unspecified atom stereocenters. The number of hydrogen-bond acceptors (Lipinski definition) is 0. The molecule has 2 aliphatic rings. The predicted molar refractivity (Wildman–Crippen MR) is 28.8 cm³/mol. The van der Waals surface area contributed by atoms with Gasteiger partial charge in [0.25, 0.3) is 0 Å². The molecule has 0 aromatic rings. The first-order valence-corrected chi connectivity index (χ1v) is 4.02. The van der Waals surface area contributed by atoms with E-state index < -0.39 is 0 Å². The van der Waals surface area contributed by atoms with Crippen molar-refractivity contribution in [1.82, 2.24) is 0 Å². The fraction of sp³-hybridized carbons (Fsp3) is 0.429. The first-order valence-electron chi connectivity index (χ1n) is 2.89. The average Bonchev–Trinajstić information content (AvgIpc) is 2.23. The van der Waals surface area contributed by atoms with Gasteiger partial charge in [0, 0.05) is 0 Å². The fourth-order valence-corrected chi connectivity index (χ4v) is 2.33. The summed E-state index contributed by atoms with van der Waals surface area (Å²) in [5.41, 5.74) is 0. The molecule has 3 heteroatoms. The van der Waals surface area contributed by atoms with Crippen LogP contribution >= 0.6 is 0 Å². The summed E-state index contributed by atoms with van der Waals surface area (Å²) < 4.78 is 1.55. The van der Waals surface area contributed by atoms with Crippen molar-refractivity contribution in [1.29, 1.82) is 0 Å². The molecule has 0 spiro atoms. The molecule has 0 fully saturated rings. The third-order valence-corrected chi connectivity index (χ3v) is 3.03. The van der Waals surface area contributed by atoms with Gasteiger partial charge in [-0.3, -0.25) is 0 Å². The molecule has 2 rings (SSSR count). The SMILES string of the molecule is [Cl-].[Cl-].[Pt+2][C]1=CC2C=CC1C2. The second-order valence-electron chi connectivity index (χ2n) is 2.41. The first-order chi connectivity index (χ1) is 3.86. The van der Waals surface area contributed by atoms with Crippen LogP contribution in [0.5, 0.6) is 0 Å². The predicted octanol–water partition coefficient (Wildman–Crippen LogP) is -4.37. The Morgan fingerprint density at radius 3 is 2.20 bits per heavy atom. The Morgan fingerprint density at radius 1 is 1.30 bits per heavy atom. The maximum absolute atomic E-state index is 2.42. The van der Waals surface area contributed by atoms with Gasteiger partial charge in [0.2, 0.25) is 0 Å². The van der Waals surface area contributed by atoms with Crippen molar-refractivity contribution in [3.8, 4) is 0 Å². The second kappa shape index (κ2) is 3.95. The second-order valence-corrected chi connectivity index (χ2v) is 3.72. The standard InChI is InChI=1S/C7H7.2ClH.Pt/c1-2-7-4-3-6(1)5-7;;;/h1-3,6-7H,5H2;2*1H;/q;;;+2/p-2. The van der Waals surface area contributed by atoms with E-state index in [1.807, 2.05) is 0 Å². The minimum atomic E-state index is 0. The van der Waals surface area contributed by atoms with Gasteiger partial charge in [0.1, 0.15) is 0 Å². The Bertz CT molecular complexity index is 174. The molecule has 0 N–H and O–H groups in total. The summed E-state index contributed by atoms with van der Waals surface area (Å²) in [5.74, 6) is 1.61. The zero-order chi connectivity index (χ0) is 5.56. The number of halogens is 2. The summed E-state index contributed by atoms with van der Waals surface area (Å²) in [6, 6.07) is 0. The third-order valence-electron chi connectivity index (χ3n) is 1.81. The van der Waals surface area contributed by atoms with Gasteiger partial charge >= 0.3 is 60.3 Å². The molecule has 0 aliphatic heterocycles. The summed E-state index contributed by atoms with van der Waals surface area (Å²) in [7, 11) is 0. The quantitative estimate of drug-likeness (QED) is 0.385. The number of fused-ring (bicyclic) bond motifs is 2. The van der Waals surface area contributed by atoms with E-state index in [-0.39, 0.29) is 24.8 Å². The van der Waals surface area contributed by atoms with Crippen molar-refractivity contribution >= 4 is 0 Å². The fourth-order valence-electron chi connectivity index (χ4n) is 1.36. The Morgan fingerprint density at radius 2 is 2.00 bits per heavy atom. The topological polar surface area (TPSA) is 0 Å². The average molecular weight is 357 g/mol. The van der Waals surface area contributed by atoms with E-state index in [2.05, 4.69) is 38.0 Å². The summed E-state index contributed by atoms with van der Waals surface area (Å²) in [6.07, 6.45) is 8.37. The Labute approximate surface area is 84.9 Å². The molecule has 0 saturated heterocycles. The molecule has 2 atom stereocenters. The van der Waals surface area contributed by atoms with E-state index in [9.17, 15) is 0 Å². The summed E-state index contributed by atoms with van der Waals surface area (Å²) >= 11 is 2.42. The van der Waals surface area contributed by atoms with E-state index >= 15 is 0 Å². The number of hydrogen-bond donors (Lipinski definition) is 0. The van der Waals surface area contributed by atoms with Gasteiger partial charge in [-0.2, -0.15) is 0 Å². The van der Waals surface area contributed by atoms with Crippen LogP contribution in [0.15, 0.2) is 22.2 Å². The normalized spacial score (nSPS) is 32.7. The van der Waals surface area contributed by atoms with Gasteiger partial charge in [0.15, 0.2) is 0 Å². The Kier molecular flexibility index (Phi) is 4.24. The number of allylic oxidation sites excluding steroid dienone is 4. The van der Waals surface area contributed by atoms with Crippen LogP contribution in [-0.4, -0.2) is 0 Å². The van der Waals surface area contributed by atoms with E-state index in [0.29, 0.717) is 0 Å². The van der Waals surface area contributed by atoms with Crippen LogP contribution in [0.1, 0.15) is 6.42 Å². The third kappa shape index (κ3) is 1.67. The van der Waals surface area contributed by atoms with Crippen LogP contribution < -0.4 is 24.8 Å². The van der Waals surface area contributed by atoms with Crippen LogP contribution in [0.2, 0.25) is 0 Å². The van der Waals surface area contributed by atoms with E-state index in [0.717, 1.165) is 11.8 Å². The molecule has 59 valence electrons. The molecule has 0 amide bonds. The van der Waals surface area contributed by atoms with Gasteiger partial charge < -0.3 is 24.8 Å². The molecule has 0 aromatic carbocycles. The number of rotatable bonds is 0. The van der Waals surface area contributed by atoms with Crippen LogP contribution in [0.25, 0.3) is 0 Å². The Balaban J connectivity index is 0.000000405. The van der Waals surface area contributed by atoms with Crippen molar-refractivity contribution in [2.45, 2.75) is 6.42 Å². The van der Waals surface area contributed by atoms with Crippen molar-refractivity contribution in [2.24, 2.45) is 11.8 Å². The van der Waals surface area contributed by atoms with E-state index in [1.54, 1.807) is 3.96 Å². The molecule has 0 nitrogen and oxygen atoms in total. The monoisotopic (exact) mass is 356 g/mol. The van der Waals surface area contributed by atoms with Gasteiger partial charge in [-0.05, 0) is 0 Å². The molecule has 0 aromatic heterocycles. The van der Waals surface area contributed by atoms with Crippen molar-refractivity contribution in [3.63, 3.8) is 0 Å². The molecule has 10 heavy (non-hydrogen) atoms. The zero-order valence-electron chi connectivity index (χ0n) is 5.17. The molecule has 0 heterocycles. The molecule has 0 saturated carbocycles. The zero-order valence-corrected chi connectivity index (χ0v) is 8.95. The van der Waals surface area contributed by atoms with Gasteiger partial charge in [-0.1, -0.05) is 0 Å². The molecular formula is C7H7Cl2Pt. The summed E-state index contributed by atoms with van der Waals surface area (Å²) in [4.78, 5) is 0. The maximum atomic E-state index is 2.42. The molecule has 2 aliphatic carbocycles. The first kappa shape index (κ1) is 10.7. The van der Waals surface area contributed by atoms with Gasteiger partial charge in [-0.15, -0.1) is 0 Å². The summed E-state index contributed by atoms with van der Waals surface area (Å²) in [6.45, 7) is 0. The minimum absolute atomic E-state index is 0. The van der Waals surface area contributed by atoms with Crippen LogP contribution in [0.4, 0.5) is 0 Å². The van der Waals surface area contributed by atoms with Crippen LogP contribution in [-0.2, 0) is 19.8 Å². The van der Waals surface area contributed by atoms with Crippen LogP contribution in [0.3, 0.4) is 0 Å². The molecule has 0 radical (unpaired) electrons. The van der Waals surface area contributed by atoms with Crippen LogP contribution in [0, 0.1) is 11.8 Å². The molecular weight excluding hydrogens is 350 g/mol. The van der Waals surface area contributed by atoms with Crippen molar-refractivity contribution in [2.75, 3.05) is 0 Å². The van der Waals surface area contributed by atoms with Gasteiger partial charge in [-0.25, -0.2) is 0 Å². The van der Waals surface area contributed by atoms with Crippen molar-refractivity contribution < 1.29 is 44.6 Å². The summed E-state index contributed by atoms with van der Waals surface area (Å²) in [5, 5.41) is 0. The van der Waals surface area contributed by atoms with Crippen molar-refractivity contribution in [3.05, 3.63) is 22.2 Å². The van der Waals surface area contributed by atoms with E-state index in [1.165, 1.54) is 6.42 Å². The van der Waals surface area contributed by atoms with Gasteiger partial charge in [0.05, 0.1) is 0 Å².